The molecule has 1 aromatic rings. The summed E-state index contributed by atoms with van der Waals surface area (Å²) in [5, 5.41) is 0. The quantitative estimate of drug-likeness (QED) is 0.737. The molecule has 1 atom stereocenters. The second-order valence-electron chi connectivity index (χ2n) is 5.46. The molecule has 0 amide bonds. The molecule has 2 rings (SSSR count). The monoisotopic (exact) mass is 260 g/mol. The van der Waals surface area contributed by atoms with E-state index in [2.05, 4.69) is 17.9 Å². The summed E-state index contributed by atoms with van der Waals surface area (Å²) < 4.78 is 6.09. The number of ether oxygens (including phenoxy) is 1. The molecule has 1 aliphatic heterocycles. The number of rotatable bonds is 7. The van der Waals surface area contributed by atoms with E-state index < -0.39 is 0 Å². The minimum Gasteiger partial charge on any atom is -0.490 e. The van der Waals surface area contributed by atoms with Crippen LogP contribution in [0.15, 0.2) is 24.3 Å². The Labute approximate surface area is 117 Å². The van der Waals surface area contributed by atoms with Crippen molar-refractivity contribution >= 4 is 0 Å². The lowest BCUT2D eigenvalue weighted by atomic mass is 10.1. The minimum atomic E-state index is 0.350. The first-order valence-electron chi connectivity index (χ1n) is 7.73. The van der Waals surface area contributed by atoms with Gasteiger partial charge < -0.3 is 9.64 Å². The Balaban J connectivity index is 1.78. The lowest BCUT2D eigenvalue weighted by Gasteiger charge is -2.28. The molecule has 2 nitrogen and oxygen atoms in total. The fourth-order valence-corrected chi connectivity index (χ4v) is 2.74. The van der Waals surface area contributed by atoms with Gasteiger partial charge in [-0.1, -0.05) is 31.9 Å². The van der Waals surface area contributed by atoms with E-state index in [0.717, 1.165) is 18.6 Å². The molecule has 19 heavy (non-hydrogen) atoms. The largest absolute Gasteiger partial charge is 0.490 e. The van der Waals surface area contributed by atoms with Crippen LogP contribution in [0.4, 0.5) is 0 Å². The number of hydrogen-bond donors (Lipinski definition) is 0. The van der Waals surface area contributed by atoms with Crippen molar-refractivity contribution in [2.24, 2.45) is 0 Å². The molecular formula is C17H26NO. The maximum Gasteiger partial charge on any atom is 0.120 e. The second kappa shape index (κ2) is 8.21. The molecule has 1 radical (unpaired) electrons. The molecule has 1 fully saturated rings. The lowest BCUT2D eigenvalue weighted by Crippen LogP contribution is -2.33. The van der Waals surface area contributed by atoms with Crippen LogP contribution in [0.3, 0.4) is 0 Å². The summed E-state index contributed by atoms with van der Waals surface area (Å²) in [4.78, 5) is 2.59. The summed E-state index contributed by atoms with van der Waals surface area (Å²) in [5.41, 5.74) is 0. The van der Waals surface area contributed by atoms with Gasteiger partial charge in [-0.15, -0.1) is 0 Å². The third-order valence-corrected chi connectivity index (χ3v) is 3.81. The van der Waals surface area contributed by atoms with Crippen molar-refractivity contribution in [1.82, 2.24) is 4.90 Å². The predicted molar refractivity (Wildman–Crippen MR) is 79.5 cm³/mol. The highest BCUT2D eigenvalue weighted by atomic mass is 16.5. The van der Waals surface area contributed by atoms with Gasteiger partial charge in [0.25, 0.3) is 0 Å². The molecular weight excluding hydrogens is 234 g/mol. The van der Waals surface area contributed by atoms with Crippen LogP contribution in [0.2, 0.25) is 0 Å². The van der Waals surface area contributed by atoms with Gasteiger partial charge >= 0.3 is 0 Å². The molecule has 0 aromatic heterocycles. The molecule has 0 aliphatic carbocycles. The zero-order valence-electron chi connectivity index (χ0n) is 12.1. The van der Waals surface area contributed by atoms with Crippen molar-refractivity contribution in [3.63, 3.8) is 0 Å². The molecule has 0 spiro atoms. The highest BCUT2D eigenvalue weighted by Gasteiger charge is 2.14. The Morgan fingerprint density at radius 2 is 2.11 bits per heavy atom. The molecule has 105 valence electrons. The summed E-state index contributed by atoms with van der Waals surface area (Å²) >= 11 is 0. The summed E-state index contributed by atoms with van der Waals surface area (Å²) in [6.45, 7) is 5.96. The van der Waals surface area contributed by atoms with Gasteiger partial charge in [0.1, 0.15) is 5.75 Å². The first-order chi connectivity index (χ1) is 9.38. The summed E-state index contributed by atoms with van der Waals surface area (Å²) in [6.07, 6.45) is 7.96. The van der Waals surface area contributed by atoms with Crippen molar-refractivity contribution in [3.8, 4) is 5.75 Å². The van der Waals surface area contributed by atoms with Gasteiger partial charge in [-0.25, -0.2) is 0 Å². The smallest absolute Gasteiger partial charge is 0.120 e. The third-order valence-electron chi connectivity index (χ3n) is 3.81. The molecule has 1 aliphatic rings. The Morgan fingerprint density at radius 1 is 1.26 bits per heavy atom. The molecule has 2 heteroatoms. The number of hydrogen-bond acceptors (Lipinski definition) is 2. The van der Waals surface area contributed by atoms with Crippen LogP contribution in [0.25, 0.3) is 0 Å². The molecule has 1 unspecified atom stereocenters. The Bertz CT molecular complexity index is 332. The van der Waals surface area contributed by atoms with E-state index in [9.17, 15) is 0 Å². The van der Waals surface area contributed by atoms with E-state index in [-0.39, 0.29) is 0 Å². The zero-order chi connectivity index (χ0) is 13.3. The minimum absolute atomic E-state index is 0.350. The van der Waals surface area contributed by atoms with E-state index in [4.69, 9.17) is 4.74 Å². The van der Waals surface area contributed by atoms with E-state index in [0.29, 0.717) is 6.10 Å². The van der Waals surface area contributed by atoms with Crippen LogP contribution < -0.4 is 4.74 Å². The Kier molecular flexibility index (Phi) is 6.22. The fourth-order valence-electron chi connectivity index (χ4n) is 2.74. The lowest BCUT2D eigenvalue weighted by molar-refractivity contribution is 0.144. The highest BCUT2D eigenvalue weighted by Crippen LogP contribution is 2.17. The van der Waals surface area contributed by atoms with Gasteiger partial charge in [0.2, 0.25) is 0 Å². The first kappa shape index (κ1) is 14.4. The topological polar surface area (TPSA) is 12.5 Å². The SMILES string of the molecule is CCCC(CCN1CCCCC1)Oc1c[c]ccc1. The second-order valence-corrected chi connectivity index (χ2v) is 5.46. The molecule has 1 saturated heterocycles. The van der Waals surface area contributed by atoms with Gasteiger partial charge in [-0.3, -0.25) is 0 Å². The summed E-state index contributed by atoms with van der Waals surface area (Å²) in [6, 6.07) is 10.9. The molecule has 0 bridgehead atoms. The van der Waals surface area contributed by atoms with Gasteiger partial charge in [-0.05, 0) is 57.0 Å². The van der Waals surface area contributed by atoms with Crippen molar-refractivity contribution < 1.29 is 4.74 Å². The summed E-state index contributed by atoms with van der Waals surface area (Å²) in [5.74, 6) is 0.958. The first-order valence-corrected chi connectivity index (χ1v) is 7.73. The average molecular weight is 260 g/mol. The maximum absolute atomic E-state index is 6.09. The van der Waals surface area contributed by atoms with Gasteiger partial charge in [0, 0.05) is 6.54 Å². The number of nitrogens with zero attached hydrogens (tertiary/aromatic N) is 1. The standard InChI is InChI=1S/C17H26NO/c1-2-9-16(19-17-10-5-3-6-11-17)12-15-18-13-7-4-8-14-18/h3,5,10-11,16H,2,4,7-9,12-15H2,1H3. The van der Waals surface area contributed by atoms with E-state index in [1.165, 1.54) is 45.3 Å². The predicted octanol–water partition coefficient (Wildman–Crippen LogP) is 3.91. The van der Waals surface area contributed by atoms with Crippen molar-refractivity contribution in [2.75, 3.05) is 19.6 Å². The van der Waals surface area contributed by atoms with Crippen LogP contribution in [0.1, 0.15) is 45.4 Å². The fraction of sp³-hybridized carbons (Fsp3) is 0.647. The van der Waals surface area contributed by atoms with Crippen LogP contribution >= 0.6 is 0 Å². The maximum atomic E-state index is 6.09. The van der Waals surface area contributed by atoms with Crippen LogP contribution in [0.5, 0.6) is 5.75 Å². The third kappa shape index (κ3) is 5.23. The number of likely N-dealkylation sites (tertiary alicyclic amines) is 1. The van der Waals surface area contributed by atoms with Gasteiger partial charge in [-0.2, -0.15) is 0 Å². The Hall–Kier alpha value is -1.02. The average Bonchev–Trinajstić information content (AvgIpc) is 2.47. The number of benzene rings is 1. The van der Waals surface area contributed by atoms with Crippen molar-refractivity contribution in [1.29, 1.82) is 0 Å². The molecule has 0 saturated carbocycles. The van der Waals surface area contributed by atoms with Crippen LogP contribution in [-0.2, 0) is 0 Å². The van der Waals surface area contributed by atoms with E-state index in [1.54, 1.807) is 0 Å². The zero-order valence-corrected chi connectivity index (χ0v) is 12.1. The summed E-state index contributed by atoms with van der Waals surface area (Å²) in [7, 11) is 0. The number of piperidine rings is 1. The molecule has 1 aromatic carbocycles. The highest BCUT2D eigenvalue weighted by molar-refractivity contribution is 5.20. The van der Waals surface area contributed by atoms with Crippen molar-refractivity contribution in [3.05, 3.63) is 30.3 Å². The van der Waals surface area contributed by atoms with E-state index >= 15 is 0 Å². The molecule has 1 heterocycles. The van der Waals surface area contributed by atoms with Gasteiger partial charge in [0.15, 0.2) is 0 Å². The van der Waals surface area contributed by atoms with Crippen LogP contribution in [-0.4, -0.2) is 30.6 Å². The van der Waals surface area contributed by atoms with Gasteiger partial charge in [0.05, 0.1) is 6.10 Å². The van der Waals surface area contributed by atoms with Crippen LogP contribution in [0, 0.1) is 6.07 Å². The molecule has 0 N–H and O–H groups in total. The van der Waals surface area contributed by atoms with E-state index in [1.807, 2.05) is 24.3 Å². The Morgan fingerprint density at radius 3 is 2.79 bits per heavy atom. The normalized spacial score (nSPS) is 18.2. The van der Waals surface area contributed by atoms with Crippen molar-refractivity contribution in [2.45, 2.75) is 51.6 Å².